The summed E-state index contributed by atoms with van der Waals surface area (Å²) in [5.74, 6) is -0.394. The molecule has 2 aromatic rings. The zero-order chi connectivity index (χ0) is 13.1. The highest BCUT2D eigenvalue weighted by molar-refractivity contribution is 9.10. The minimum atomic E-state index is -0.969. The van der Waals surface area contributed by atoms with Crippen molar-refractivity contribution in [2.24, 2.45) is 0 Å². The molecular formula is C12H10BrN3O2. The van der Waals surface area contributed by atoms with Gasteiger partial charge in [0.1, 0.15) is 5.82 Å². The largest absolute Gasteiger partial charge is 0.478 e. The van der Waals surface area contributed by atoms with Gasteiger partial charge in [-0.05, 0) is 40.2 Å². The first-order valence-electron chi connectivity index (χ1n) is 5.07. The number of rotatable bonds is 3. The summed E-state index contributed by atoms with van der Waals surface area (Å²) in [6.07, 6.45) is 1.52. The number of halogens is 1. The summed E-state index contributed by atoms with van der Waals surface area (Å²) in [6, 6.07) is 8.20. The third-order valence-electron chi connectivity index (χ3n) is 2.23. The highest BCUT2D eigenvalue weighted by Gasteiger charge is 2.06. The second-order valence-corrected chi connectivity index (χ2v) is 4.46. The van der Waals surface area contributed by atoms with E-state index in [9.17, 15) is 4.79 Å². The summed E-state index contributed by atoms with van der Waals surface area (Å²) in [7, 11) is 0. The fraction of sp³-hybridized carbons (Fsp3) is 0. The van der Waals surface area contributed by atoms with Crippen LogP contribution in [0.1, 0.15) is 10.4 Å². The molecule has 4 N–H and O–H groups in total. The molecule has 6 heteroatoms. The first-order valence-corrected chi connectivity index (χ1v) is 5.87. The van der Waals surface area contributed by atoms with Gasteiger partial charge in [0.15, 0.2) is 0 Å². The molecule has 0 saturated carbocycles. The molecule has 0 aliphatic heterocycles. The van der Waals surface area contributed by atoms with Crippen molar-refractivity contribution >= 4 is 39.1 Å². The predicted octanol–water partition coefficient (Wildman–Crippen LogP) is 2.87. The van der Waals surface area contributed by atoms with Gasteiger partial charge in [-0.3, -0.25) is 0 Å². The summed E-state index contributed by atoms with van der Waals surface area (Å²) in [4.78, 5) is 15.0. The fourth-order valence-corrected chi connectivity index (χ4v) is 1.88. The van der Waals surface area contributed by atoms with Gasteiger partial charge in [-0.25, -0.2) is 9.78 Å². The van der Waals surface area contributed by atoms with Gasteiger partial charge in [0, 0.05) is 5.69 Å². The third kappa shape index (κ3) is 2.78. The van der Waals surface area contributed by atoms with Crippen LogP contribution in [0.15, 0.2) is 41.0 Å². The molecule has 0 saturated heterocycles. The molecule has 18 heavy (non-hydrogen) atoms. The average molecular weight is 308 g/mol. The van der Waals surface area contributed by atoms with Gasteiger partial charge in [0.2, 0.25) is 0 Å². The third-order valence-corrected chi connectivity index (χ3v) is 2.84. The predicted molar refractivity (Wildman–Crippen MR) is 73.0 cm³/mol. The van der Waals surface area contributed by atoms with Crippen LogP contribution in [-0.4, -0.2) is 16.1 Å². The van der Waals surface area contributed by atoms with E-state index in [1.165, 1.54) is 18.3 Å². The Morgan fingerprint density at radius 3 is 2.83 bits per heavy atom. The molecule has 0 bridgehead atoms. The summed E-state index contributed by atoms with van der Waals surface area (Å²) in [5, 5.41) is 11.9. The van der Waals surface area contributed by atoms with E-state index in [-0.39, 0.29) is 5.56 Å². The van der Waals surface area contributed by atoms with Gasteiger partial charge in [-0.2, -0.15) is 0 Å². The lowest BCUT2D eigenvalue weighted by Gasteiger charge is -2.08. The van der Waals surface area contributed by atoms with Crippen molar-refractivity contribution in [1.82, 2.24) is 4.98 Å². The van der Waals surface area contributed by atoms with Crippen LogP contribution in [0.2, 0.25) is 0 Å². The van der Waals surface area contributed by atoms with Crippen LogP contribution in [-0.2, 0) is 0 Å². The molecule has 1 aromatic carbocycles. The number of hydrogen-bond acceptors (Lipinski definition) is 4. The van der Waals surface area contributed by atoms with Crippen molar-refractivity contribution in [2.45, 2.75) is 0 Å². The Labute approximate surface area is 112 Å². The monoisotopic (exact) mass is 307 g/mol. The number of carboxylic acids is 1. The van der Waals surface area contributed by atoms with Crippen LogP contribution >= 0.6 is 15.9 Å². The topological polar surface area (TPSA) is 88.2 Å². The van der Waals surface area contributed by atoms with E-state index in [2.05, 4.69) is 26.2 Å². The van der Waals surface area contributed by atoms with Crippen LogP contribution in [0.4, 0.5) is 17.2 Å². The summed E-state index contributed by atoms with van der Waals surface area (Å²) in [6.45, 7) is 0. The molecule has 0 unspecified atom stereocenters. The molecule has 0 aliphatic rings. The quantitative estimate of drug-likeness (QED) is 0.811. The van der Waals surface area contributed by atoms with E-state index in [0.29, 0.717) is 21.7 Å². The summed E-state index contributed by atoms with van der Waals surface area (Å²) >= 11 is 3.33. The number of pyridine rings is 1. The number of nitrogens with zero attached hydrogens (tertiary/aromatic N) is 1. The van der Waals surface area contributed by atoms with E-state index in [0.717, 1.165) is 0 Å². The van der Waals surface area contributed by atoms with Crippen molar-refractivity contribution in [3.05, 3.63) is 46.6 Å². The lowest BCUT2D eigenvalue weighted by Crippen LogP contribution is -1.99. The van der Waals surface area contributed by atoms with E-state index in [4.69, 9.17) is 10.8 Å². The molecule has 2 rings (SSSR count). The Balaban J connectivity index is 2.28. The highest BCUT2D eigenvalue weighted by Crippen LogP contribution is 2.25. The number of anilines is 3. The van der Waals surface area contributed by atoms with Gasteiger partial charge in [0.25, 0.3) is 0 Å². The lowest BCUT2D eigenvalue weighted by molar-refractivity contribution is 0.0697. The van der Waals surface area contributed by atoms with Crippen LogP contribution in [0.25, 0.3) is 0 Å². The highest BCUT2D eigenvalue weighted by atomic mass is 79.9. The van der Waals surface area contributed by atoms with Crippen molar-refractivity contribution in [2.75, 3.05) is 11.1 Å². The smallest absolute Gasteiger partial charge is 0.335 e. The molecule has 0 radical (unpaired) electrons. The number of aromatic carboxylic acids is 1. The van der Waals surface area contributed by atoms with Crippen LogP contribution < -0.4 is 11.1 Å². The molecule has 0 atom stereocenters. The number of aromatic nitrogens is 1. The minimum Gasteiger partial charge on any atom is -0.478 e. The number of carbonyl (C=O) groups is 1. The average Bonchev–Trinajstić information content (AvgIpc) is 2.33. The normalized spacial score (nSPS) is 10.1. The summed E-state index contributed by atoms with van der Waals surface area (Å²) in [5.41, 5.74) is 7.00. The maximum absolute atomic E-state index is 10.8. The van der Waals surface area contributed by atoms with Crippen LogP contribution in [0, 0.1) is 0 Å². The number of benzene rings is 1. The number of nitrogen functional groups attached to an aromatic ring is 1. The number of nitrogens with two attached hydrogens (primary N) is 1. The number of hydrogen-bond donors (Lipinski definition) is 3. The Morgan fingerprint density at radius 1 is 1.39 bits per heavy atom. The maximum atomic E-state index is 10.8. The van der Waals surface area contributed by atoms with Crippen molar-refractivity contribution in [1.29, 1.82) is 0 Å². The van der Waals surface area contributed by atoms with Crippen molar-refractivity contribution in [3.63, 3.8) is 0 Å². The van der Waals surface area contributed by atoms with Gasteiger partial charge in [0.05, 0.1) is 21.9 Å². The van der Waals surface area contributed by atoms with Crippen molar-refractivity contribution in [3.8, 4) is 0 Å². The van der Waals surface area contributed by atoms with Crippen LogP contribution in [0.5, 0.6) is 0 Å². The molecular weight excluding hydrogens is 298 g/mol. The molecule has 0 spiro atoms. The van der Waals surface area contributed by atoms with E-state index < -0.39 is 5.97 Å². The Hall–Kier alpha value is -2.08. The van der Waals surface area contributed by atoms with Crippen LogP contribution in [0.3, 0.4) is 0 Å². The van der Waals surface area contributed by atoms with Gasteiger partial charge >= 0.3 is 5.97 Å². The second kappa shape index (κ2) is 5.05. The van der Waals surface area contributed by atoms with E-state index in [1.807, 2.05) is 0 Å². The van der Waals surface area contributed by atoms with Gasteiger partial charge < -0.3 is 16.2 Å². The molecule has 0 amide bonds. The molecule has 1 heterocycles. The molecule has 92 valence electrons. The first kappa shape index (κ1) is 12.4. The van der Waals surface area contributed by atoms with Gasteiger partial charge in [-0.1, -0.05) is 6.07 Å². The van der Waals surface area contributed by atoms with Gasteiger partial charge in [-0.15, -0.1) is 0 Å². The Morgan fingerprint density at radius 2 is 2.17 bits per heavy atom. The number of carboxylic acid groups (broad SMARTS) is 1. The zero-order valence-electron chi connectivity index (χ0n) is 9.22. The maximum Gasteiger partial charge on any atom is 0.335 e. The Bertz CT molecular complexity index is 602. The molecule has 0 fully saturated rings. The molecule has 1 aromatic heterocycles. The first-order chi connectivity index (χ1) is 8.56. The number of nitrogens with one attached hydrogen (secondary N) is 1. The lowest BCUT2D eigenvalue weighted by atomic mass is 10.2. The zero-order valence-corrected chi connectivity index (χ0v) is 10.8. The molecule has 5 nitrogen and oxygen atoms in total. The fourth-order valence-electron chi connectivity index (χ4n) is 1.41. The standard InChI is InChI=1S/C12H10BrN3O2/c13-10-5-8(14)6-15-11(10)16-9-3-1-2-7(4-9)12(17)18/h1-6H,14H2,(H,15,16)(H,17,18). The van der Waals surface area contributed by atoms with E-state index in [1.54, 1.807) is 18.2 Å². The second-order valence-electron chi connectivity index (χ2n) is 3.61. The Kier molecular flexibility index (Phi) is 3.47. The SMILES string of the molecule is Nc1cnc(Nc2cccc(C(=O)O)c2)c(Br)c1. The molecule has 0 aliphatic carbocycles. The minimum absolute atomic E-state index is 0.214. The van der Waals surface area contributed by atoms with E-state index >= 15 is 0 Å². The van der Waals surface area contributed by atoms with Crippen molar-refractivity contribution < 1.29 is 9.90 Å². The summed E-state index contributed by atoms with van der Waals surface area (Å²) < 4.78 is 0.711.